The third-order valence-corrected chi connectivity index (χ3v) is 2.88. The van der Waals surface area contributed by atoms with Crippen molar-refractivity contribution in [3.05, 3.63) is 24.3 Å². The van der Waals surface area contributed by atoms with Gasteiger partial charge in [-0.15, -0.1) is 0 Å². The van der Waals surface area contributed by atoms with Crippen LogP contribution in [0, 0.1) is 0 Å². The first-order valence-electron chi connectivity index (χ1n) is 6.58. The molecule has 0 aliphatic rings. The van der Waals surface area contributed by atoms with E-state index in [-0.39, 0.29) is 17.3 Å². The fraction of sp³-hybridized carbons (Fsp3) is 0.231. The van der Waals surface area contributed by atoms with Crippen LogP contribution in [-0.2, 0) is 0 Å². The van der Waals surface area contributed by atoms with Crippen molar-refractivity contribution in [1.82, 2.24) is 9.97 Å². The minimum atomic E-state index is 0.185. The SMILES string of the molecule is Nc1ccc(NCCCNc2nc(N)c(N)c(N)n2)cc1. The molecule has 0 saturated carbocycles. The third kappa shape index (κ3) is 4.03. The van der Waals surface area contributed by atoms with Crippen molar-refractivity contribution >= 4 is 34.6 Å². The van der Waals surface area contributed by atoms with Crippen LogP contribution in [-0.4, -0.2) is 23.1 Å². The molecule has 2 rings (SSSR count). The summed E-state index contributed by atoms with van der Waals surface area (Å²) in [6.07, 6.45) is 0.873. The fourth-order valence-corrected chi connectivity index (χ4v) is 1.71. The van der Waals surface area contributed by atoms with E-state index >= 15 is 0 Å². The van der Waals surface area contributed by atoms with Gasteiger partial charge >= 0.3 is 0 Å². The monoisotopic (exact) mass is 288 g/mol. The second-order valence-electron chi connectivity index (χ2n) is 4.56. The number of anilines is 6. The Kier molecular flexibility index (Phi) is 4.50. The van der Waals surface area contributed by atoms with E-state index in [9.17, 15) is 0 Å². The van der Waals surface area contributed by atoms with Crippen LogP contribution in [0.3, 0.4) is 0 Å². The number of rotatable bonds is 6. The van der Waals surface area contributed by atoms with Gasteiger partial charge in [-0.1, -0.05) is 0 Å². The summed E-state index contributed by atoms with van der Waals surface area (Å²) in [5, 5.41) is 6.34. The molecule has 0 spiro atoms. The van der Waals surface area contributed by atoms with Crippen LogP contribution in [0.1, 0.15) is 6.42 Å². The van der Waals surface area contributed by atoms with Gasteiger partial charge in [0, 0.05) is 24.5 Å². The highest BCUT2D eigenvalue weighted by molar-refractivity contribution is 5.72. The summed E-state index contributed by atoms with van der Waals surface area (Å²) in [6.45, 7) is 1.49. The van der Waals surface area contributed by atoms with Crippen LogP contribution < -0.4 is 33.6 Å². The maximum atomic E-state index is 5.62. The average Bonchev–Trinajstić information content (AvgIpc) is 2.46. The van der Waals surface area contributed by atoms with Gasteiger partial charge < -0.3 is 33.6 Å². The van der Waals surface area contributed by atoms with E-state index in [0.717, 1.165) is 24.3 Å². The number of nitrogens with two attached hydrogens (primary N) is 4. The van der Waals surface area contributed by atoms with E-state index < -0.39 is 0 Å². The molecule has 0 bridgehead atoms. The summed E-state index contributed by atoms with van der Waals surface area (Å²) in [4.78, 5) is 8.03. The first-order valence-corrected chi connectivity index (χ1v) is 6.58. The first kappa shape index (κ1) is 14.5. The number of aromatic nitrogens is 2. The highest BCUT2D eigenvalue weighted by Crippen LogP contribution is 2.19. The van der Waals surface area contributed by atoms with Crippen LogP contribution in [0.2, 0.25) is 0 Å². The van der Waals surface area contributed by atoms with Gasteiger partial charge in [-0.25, -0.2) is 0 Å². The smallest absolute Gasteiger partial charge is 0.226 e. The van der Waals surface area contributed by atoms with E-state index in [1.165, 1.54) is 0 Å². The molecule has 0 aliphatic carbocycles. The first-order chi connectivity index (χ1) is 10.1. The molecule has 0 aliphatic heterocycles. The van der Waals surface area contributed by atoms with Gasteiger partial charge in [-0.05, 0) is 30.7 Å². The average molecular weight is 288 g/mol. The Hall–Kier alpha value is -2.90. The largest absolute Gasteiger partial charge is 0.399 e. The molecular formula is C13H20N8. The molecule has 1 aromatic carbocycles. The van der Waals surface area contributed by atoms with Crippen molar-refractivity contribution in [3.8, 4) is 0 Å². The molecule has 21 heavy (non-hydrogen) atoms. The van der Waals surface area contributed by atoms with Gasteiger partial charge in [0.2, 0.25) is 5.95 Å². The van der Waals surface area contributed by atoms with Gasteiger partial charge in [-0.3, -0.25) is 0 Å². The summed E-state index contributed by atoms with van der Waals surface area (Å²) in [7, 11) is 0. The van der Waals surface area contributed by atoms with E-state index in [1.807, 2.05) is 24.3 Å². The van der Waals surface area contributed by atoms with E-state index in [1.54, 1.807) is 0 Å². The molecule has 2 aromatic rings. The number of nitrogens with one attached hydrogen (secondary N) is 2. The number of hydrogen-bond acceptors (Lipinski definition) is 8. The number of benzene rings is 1. The molecule has 112 valence electrons. The van der Waals surface area contributed by atoms with Crippen molar-refractivity contribution < 1.29 is 0 Å². The quantitative estimate of drug-likeness (QED) is 0.335. The molecule has 1 aromatic heterocycles. The highest BCUT2D eigenvalue weighted by Gasteiger charge is 2.05. The minimum absolute atomic E-state index is 0.185. The van der Waals surface area contributed by atoms with Crippen LogP contribution in [0.4, 0.5) is 34.6 Å². The maximum absolute atomic E-state index is 5.62. The lowest BCUT2D eigenvalue weighted by molar-refractivity contribution is 0.896. The molecular weight excluding hydrogens is 268 g/mol. The lowest BCUT2D eigenvalue weighted by Gasteiger charge is -2.09. The number of hydrogen-bond donors (Lipinski definition) is 6. The summed E-state index contributed by atoms with van der Waals surface area (Å²) in [6, 6.07) is 7.59. The topological polar surface area (TPSA) is 154 Å². The molecule has 8 heteroatoms. The van der Waals surface area contributed by atoms with Crippen LogP contribution in [0.5, 0.6) is 0 Å². The second-order valence-corrected chi connectivity index (χ2v) is 4.56. The summed E-state index contributed by atoms with van der Waals surface area (Å²) in [5.41, 5.74) is 24.4. The van der Waals surface area contributed by atoms with Gasteiger partial charge in [0.05, 0.1) is 0 Å². The van der Waals surface area contributed by atoms with Crippen molar-refractivity contribution in [1.29, 1.82) is 0 Å². The zero-order valence-electron chi connectivity index (χ0n) is 11.6. The van der Waals surface area contributed by atoms with Crippen molar-refractivity contribution in [2.45, 2.75) is 6.42 Å². The van der Waals surface area contributed by atoms with Gasteiger partial charge in [0.1, 0.15) is 5.69 Å². The third-order valence-electron chi connectivity index (χ3n) is 2.88. The van der Waals surface area contributed by atoms with Gasteiger partial charge in [0.15, 0.2) is 11.6 Å². The summed E-state index contributed by atoms with van der Waals surface area (Å²) >= 11 is 0. The van der Waals surface area contributed by atoms with Crippen LogP contribution in [0.25, 0.3) is 0 Å². The molecule has 8 nitrogen and oxygen atoms in total. The zero-order chi connectivity index (χ0) is 15.2. The number of nitrogens with zero attached hydrogens (tertiary/aromatic N) is 2. The molecule has 0 atom stereocenters. The Bertz CT molecular complexity index is 573. The Morgan fingerprint density at radius 3 is 2.00 bits per heavy atom. The fourth-order valence-electron chi connectivity index (χ4n) is 1.71. The van der Waals surface area contributed by atoms with E-state index in [2.05, 4.69) is 20.6 Å². The Morgan fingerprint density at radius 2 is 1.38 bits per heavy atom. The van der Waals surface area contributed by atoms with E-state index in [4.69, 9.17) is 22.9 Å². The Morgan fingerprint density at radius 1 is 0.810 bits per heavy atom. The van der Waals surface area contributed by atoms with Crippen molar-refractivity contribution in [3.63, 3.8) is 0 Å². The molecule has 0 saturated heterocycles. The van der Waals surface area contributed by atoms with Gasteiger partial charge in [-0.2, -0.15) is 9.97 Å². The molecule has 10 N–H and O–H groups in total. The van der Waals surface area contributed by atoms with Crippen LogP contribution >= 0.6 is 0 Å². The maximum Gasteiger partial charge on any atom is 0.226 e. The summed E-state index contributed by atoms with van der Waals surface area (Å²) in [5.74, 6) is 0.752. The predicted molar refractivity (Wildman–Crippen MR) is 87.7 cm³/mol. The minimum Gasteiger partial charge on any atom is -0.399 e. The molecule has 0 fully saturated rings. The lowest BCUT2D eigenvalue weighted by atomic mass is 10.3. The zero-order valence-corrected chi connectivity index (χ0v) is 11.6. The molecule has 0 radical (unpaired) electrons. The molecule has 1 heterocycles. The predicted octanol–water partition coefficient (Wildman–Crippen LogP) is 0.720. The van der Waals surface area contributed by atoms with Gasteiger partial charge in [0.25, 0.3) is 0 Å². The standard InChI is InChI=1S/C13H20N8/c14-8-2-4-9(5-3-8)18-6-1-7-19-13-20-11(16)10(15)12(17)21-13/h2-5,18H,1,6-7,14-15H2,(H5,16,17,19,20,21). The lowest BCUT2D eigenvalue weighted by Crippen LogP contribution is -2.13. The number of nitrogen functional groups attached to an aromatic ring is 4. The highest BCUT2D eigenvalue weighted by atomic mass is 15.1. The Labute approximate surface area is 122 Å². The normalized spacial score (nSPS) is 10.3. The van der Waals surface area contributed by atoms with Crippen molar-refractivity contribution in [2.24, 2.45) is 0 Å². The Balaban J connectivity index is 1.74. The van der Waals surface area contributed by atoms with Crippen LogP contribution in [0.15, 0.2) is 24.3 Å². The second kappa shape index (κ2) is 6.51. The summed E-state index contributed by atoms with van der Waals surface area (Å²) < 4.78 is 0. The molecule has 0 amide bonds. The van der Waals surface area contributed by atoms with E-state index in [0.29, 0.717) is 12.5 Å². The molecule has 0 unspecified atom stereocenters. The van der Waals surface area contributed by atoms with Crippen molar-refractivity contribution in [2.75, 3.05) is 46.7 Å².